The highest BCUT2D eigenvalue weighted by Crippen LogP contribution is 2.44. The zero-order valence-corrected chi connectivity index (χ0v) is 13.8. The Morgan fingerprint density at radius 3 is 3.00 bits per heavy atom. The molecule has 19 heavy (non-hydrogen) atoms. The van der Waals surface area contributed by atoms with E-state index in [9.17, 15) is 0 Å². The molecule has 102 valence electrons. The molecule has 3 heterocycles. The second-order valence-electron chi connectivity index (χ2n) is 5.10. The molecule has 0 saturated heterocycles. The van der Waals surface area contributed by atoms with Crippen LogP contribution >= 0.6 is 34.4 Å². The number of aryl methyl sites for hydroxylation is 1. The summed E-state index contributed by atoms with van der Waals surface area (Å²) in [7, 11) is 0. The van der Waals surface area contributed by atoms with E-state index in [0.29, 0.717) is 17.3 Å². The topological polar surface area (TPSA) is 24.9 Å². The van der Waals surface area contributed by atoms with Crippen molar-refractivity contribution in [2.45, 2.75) is 48.7 Å². The van der Waals surface area contributed by atoms with E-state index in [1.165, 1.54) is 21.2 Å². The molecule has 0 bridgehead atoms. The Morgan fingerprint density at radius 2 is 2.26 bits per heavy atom. The van der Waals surface area contributed by atoms with Gasteiger partial charge in [0.25, 0.3) is 0 Å². The van der Waals surface area contributed by atoms with E-state index in [1.54, 1.807) is 11.3 Å². The minimum atomic E-state index is 0.326. The summed E-state index contributed by atoms with van der Waals surface area (Å²) in [5.74, 6) is 0. The number of thiazole rings is 1. The first-order valence-corrected chi connectivity index (χ1v) is 9.19. The lowest BCUT2D eigenvalue weighted by Gasteiger charge is -2.29. The van der Waals surface area contributed by atoms with Crippen LogP contribution in [0.1, 0.15) is 48.6 Å². The second-order valence-corrected chi connectivity index (χ2v) is 8.61. The van der Waals surface area contributed by atoms with Crippen molar-refractivity contribution in [1.82, 2.24) is 10.3 Å². The molecule has 1 aliphatic heterocycles. The predicted molar refractivity (Wildman–Crippen MR) is 85.4 cm³/mol. The lowest BCUT2D eigenvalue weighted by molar-refractivity contribution is 0.434. The maximum Gasteiger partial charge on any atom is 0.110 e. The second kappa shape index (κ2) is 5.56. The minimum absolute atomic E-state index is 0.326. The van der Waals surface area contributed by atoms with Crippen LogP contribution in [0.15, 0.2) is 21.0 Å². The van der Waals surface area contributed by atoms with Gasteiger partial charge >= 0.3 is 0 Å². The zero-order valence-electron chi connectivity index (χ0n) is 11.3. The monoisotopic (exact) mass is 310 g/mol. The number of fused-ring (bicyclic) bond motifs is 1. The number of hydrogen-bond acceptors (Lipinski definition) is 5. The molecule has 2 aromatic heterocycles. The zero-order chi connectivity index (χ0) is 13.4. The molecule has 1 aliphatic rings. The Hall–Kier alpha value is -0.360. The molecule has 0 fully saturated rings. The van der Waals surface area contributed by atoms with Crippen LogP contribution in [0.5, 0.6) is 0 Å². The van der Waals surface area contributed by atoms with Crippen molar-refractivity contribution in [2.24, 2.45) is 0 Å². The summed E-state index contributed by atoms with van der Waals surface area (Å²) in [4.78, 5) is 4.59. The smallest absolute Gasteiger partial charge is 0.110 e. The summed E-state index contributed by atoms with van der Waals surface area (Å²) >= 11 is 5.64. The van der Waals surface area contributed by atoms with Crippen molar-refractivity contribution in [3.63, 3.8) is 0 Å². The van der Waals surface area contributed by atoms with Crippen LogP contribution in [0.2, 0.25) is 0 Å². The maximum atomic E-state index is 4.59. The van der Waals surface area contributed by atoms with Gasteiger partial charge in [-0.3, -0.25) is 0 Å². The van der Waals surface area contributed by atoms with Crippen LogP contribution in [0.25, 0.3) is 0 Å². The third-order valence-corrected chi connectivity index (χ3v) is 6.86. The van der Waals surface area contributed by atoms with Crippen molar-refractivity contribution in [3.05, 3.63) is 33.1 Å². The van der Waals surface area contributed by atoms with E-state index in [1.807, 2.05) is 23.1 Å². The molecule has 0 spiro atoms. The average molecular weight is 311 g/mol. The highest BCUT2D eigenvalue weighted by Gasteiger charge is 2.27. The summed E-state index contributed by atoms with van der Waals surface area (Å²) < 4.78 is 1.48. The SMILES string of the molecule is Cc1csc(C(C)NC2C[C@H](C)Sc3sccc32)n1. The molecule has 0 aliphatic carbocycles. The average Bonchev–Trinajstić information content (AvgIpc) is 2.97. The molecule has 0 saturated carbocycles. The molecule has 1 N–H and O–H groups in total. The maximum absolute atomic E-state index is 4.59. The number of thiophene rings is 1. The number of thioether (sulfide) groups is 1. The van der Waals surface area contributed by atoms with Gasteiger partial charge in [-0.1, -0.05) is 6.92 Å². The minimum Gasteiger partial charge on any atom is -0.301 e. The summed E-state index contributed by atoms with van der Waals surface area (Å²) in [5.41, 5.74) is 2.60. The molecule has 0 aromatic carbocycles. The Kier molecular flexibility index (Phi) is 3.98. The van der Waals surface area contributed by atoms with Crippen LogP contribution in [0, 0.1) is 6.92 Å². The van der Waals surface area contributed by atoms with Crippen molar-refractivity contribution < 1.29 is 0 Å². The molecular weight excluding hydrogens is 292 g/mol. The number of nitrogens with one attached hydrogen (secondary N) is 1. The van der Waals surface area contributed by atoms with Gasteiger partial charge in [0.2, 0.25) is 0 Å². The van der Waals surface area contributed by atoms with Crippen LogP contribution in [0.4, 0.5) is 0 Å². The molecule has 0 amide bonds. The van der Waals surface area contributed by atoms with E-state index in [-0.39, 0.29) is 0 Å². The quantitative estimate of drug-likeness (QED) is 0.882. The lowest BCUT2D eigenvalue weighted by atomic mass is 10.0. The fraction of sp³-hybridized carbons (Fsp3) is 0.500. The van der Waals surface area contributed by atoms with Crippen LogP contribution < -0.4 is 5.32 Å². The van der Waals surface area contributed by atoms with Crippen molar-refractivity contribution in [1.29, 1.82) is 0 Å². The summed E-state index contributed by atoms with van der Waals surface area (Å²) in [6.07, 6.45) is 1.20. The Morgan fingerprint density at radius 1 is 1.42 bits per heavy atom. The standard InChI is InChI=1S/C14H18N2S3/c1-8-7-18-13(15-8)10(3)16-12-6-9(2)19-14-11(12)4-5-17-14/h4-5,7,9-10,12,16H,6H2,1-3H3/t9-,10?,12?/m0/s1. The van der Waals surface area contributed by atoms with Gasteiger partial charge in [0.1, 0.15) is 5.01 Å². The molecule has 5 heteroatoms. The number of aromatic nitrogens is 1. The predicted octanol–water partition coefficient (Wildman–Crippen LogP) is 4.79. The van der Waals surface area contributed by atoms with Gasteiger partial charge in [0.05, 0.1) is 10.3 Å². The number of rotatable bonds is 3. The van der Waals surface area contributed by atoms with Gasteiger partial charge in [0.15, 0.2) is 0 Å². The fourth-order valence-corrected chi connectivity index (χ4v) is 5.83. The summed E-state index contributed by atoms with van der Waals surface area (Å²) in [6, 6.07) is 3.07. The van der Waals surface area contributed by atoms with E-state index >= 15 is 0 Å². The normalized spacial score (nSPS) is 24.2. The van der Waals surface area contributed by atoms with E-state index in [2.05, 4.69) is 47.9 Å². The van der Waals surface area contributed by atoms with Crippen molar-refractivity contribution in [2.75, 3.05) is 0 Å². The lowest BCUT2D eigenvalue weighted by Crippen LogP contribution is -2.28. The Bertz CT molecular complexity index is 561. The van der Waals surface area contributed by atoms with Crippen molar-refractivity contribution >= 4 is 34.4 Å². The first kappa shape index (κ1) is 13.6. The van der Waals surface area contributed by atoms with Gasteiger partial charge in [-0.15, -0.1) is 34.4 Å². The summed E-state index contributed by atoms with van der Waals surface area (Å²) in [6.45, 7) is 6.60. The highest BCUT2D eigenvalue weighted by atomic mass is 32.2. The highest BCUT2D eigenvalue weighted by molar-refractivity contribution is 8.01. The number of nitrogens with zero attached hydrogens (tertiary/aromatic N) is 1. The number of hydrogen-bond donors (Lipinski definition) is 1. The van der Waals surface area contributed by atoms with E-state index in [4.69, 9.17) is 0 Å². The Balaban J connectivity index is 1.77. The molecular formula is C14H18N2S3. The molecule has 3 atom stereocenters. The third kappa shape index (κ3) is 2.89. The summed E-state index contributed by atoms with van der Waals surface area (Å²) in [5, 5.41) is 9.98. The van der Waals surface area contributed by atoms with Gasteiger partial charge in [0, 0.05) is 22.4 Å². The van der Waals surface area contributed by atoms with Gasteiger partial charge < -0.3 is 5.32 Å². The van der Waals surface area contributed by atoms with Gasteiger partial charge in [-0.05, 0) is 37.3 Å². The Labute approximate surface area is 126 Å². The first-order valence-electron chi connectivity index (χ1n) is 6.55. The molecule has 3 rings (SSSR count). The van der Waals surface area contributed by atoms with Crippen molar-refractivity contribution in [3.8, 4) is 0 Å². The molecule has 2 unspecified atom stereocenters. The van der Waals surface area contributed by atoms with E-state index < -0.39 is 0 Å². The fourth-order valence-electron chi connectivity index (χ4n) is 2.45. The molecule has 0 radical (unpaired) electrons. The van der Waals surface area contributed by atoms with Gasteiger partial charge in [-0.2, -0.15) is 0 Å². The van der Waals surface area contributed by atoms with E-state index in [0.717, 1.165) is 5.69 Å². The van der Waals surface area contributed by atoms with Crippen LogP contribution in [0.3, 0.4) is 0 Å². The third-order valence-electron chi connectivity index (χ3n) is 3.37. The molecule has 2 aromatic rings. The first-order chi connectivity index (χ1) is 9.13. The van der Waals surface area contributed by atoms with Gasteiger partial charge in [-0.25, -0.2) is 4.98 Å². The largest absolute Gasteiger partial charge is 0.301 e. The van der Waals surface area contributed by atoms with Crippen LogP contribution in [-0.2, 0) is 0 Å². The molecule has 2 nitrogen and oxygen atoms in total. The van der Waals surface area contributed by atoms with Crippen LogP contribution in [-0.4, -0.2) is 10.2 Å².